The van der Waals surface area contributed by atoms with Crippen molar-refractivity contribution in [3.05, 3.63) is 22.5 Å². The highest BCUT2D eigenvalue weighted by Crippen LogP contribution is 2.08. The fourth-order valence-electron chi connectivity index (χ4n) is 1.39. The van der Waals surface area contributed by atoms with Crippen LogP contribution in [0, 0.1) is 10.1 Å². The summed E-state index contributed by atoms with van der Waals surface area (Å²) in [6.45, 7) is 4.51. The standard InChI is InChI=1S/C10H17BrN4O3/c1-7(11)8(2)13-5-9(16)6-14-4-3-12-10(14)15(17)18/h3-4,7-9,13,16H,5-6H2,1-2H3/t7-,8-,9?/m1/s1. The van der Waals surface area contributed by atoms with E-state index >= 15 is 0 Å². The van der Waals surface area contributed by atoms with Crippen molar-refractivity contribution in [2.45, 2.75) is 37.4 Å². The molecule has 18 heavy (non-hydrogen) atoms. The summed E-state index contributed by atoms with van der Waals surface area (Å²) in [7, 11) is 0. The third-order valence-corrected chi connectivity index (χ3v) is 3.42. The molecule has 0 aromatic carbocycles. The molecule has 2 N–H and O–H groups in total. The van der Waals surface area contributed by atoms with Crippen LogP contribution in [-0.4, -0.2) is 43.1 Å². The molecule has 0 bridgehead atoms. The van der Waals surface area contributed by atoms with Crippen molar-refractivity contribution in [3.8, 4) is 0 Å². The number of rotatable bonds is 7. The van der Waals surface area contributed by atoms with Gasteiger partial charge in [-0.15, -0.1) is 0 Å². The molecule has 0 fully saturated rings. The molecule has 0 amide bonds. The molecule has 8 heteroatoms. The van der Waals surface area contributed by atoms with Gasteiger partial charge in [0.05, 0.1) is 12.6 Å². The molecule has 0 saturated carbocycles. The van der Waals surface area contributed by atoms with E-state index in [0.717, 1.165) is 0 Å². The Morgan fingerprint density at radius 3 is 2.89 bits per heavy atom. The SMILES string of the molecule is C[C@@H](Br)[C@@H](C)NCC(O)Cn1ccnc1[N+](=O)[O-]. The van der Waals surface area contributed by atoms with Gasteiger partial charge in [0.15, 0.2) is 0 Å². The number of alkyl halides is 1. The number of halogens is 1. The van der Waals surface area contributed by atoms with Crippen molar-refractivity contribution in [2.24, 2.45) is 0 Å². The van der Waals surface area contributed by atoms with E-state index in [1.807, 2.05) is 13.8 Å². The fraction of sp³-hybridized carbons (Fsp3) is 0.700. The summed E-state index contributed by atoms with van der Waals surface area (Å²) in [4.78, 5) is 14.0. The van der Waals surface area contributed by atoms with E-state index in [-0.39, 0.29) is 23.4 Å². The maximum atomic E-state index is 10.6. The highest BCUT2D eigenvalue weighted by molar-refractivity contribution is 9.09. The van der Waals surface area contributed by atoms with Crippen LogP contribution in [0.15, 0.2) is 12.4 Å². The van der Waals surface area contributed by atoms with E-state index < -0.39 is 11.0 Å². The number of aromatic nitrogens is 2. The van der Waals surface area contributed by atoms with E-state index in [9.17, 15) is 15.2 Å². The molecule has 102 valence electrons. The van der Waals surface area contributed by atoms with Crippen LogP contribution in [0.4, 0.5) is 5.95 Å². The quantitative estimate of drug-likeness (QED) is 0.442. The second-order valence-corrected chi connectivity index (χ2v) is 5.61. The lowest BCUT2D eigenvalue weighted by Gasteiger charge is -2.18. The molecule has 0 spiro atoms. The lowest BCUT2D eigenvalue weighted by Crippen LogP contribution is -2.39. The minimum absolute atomic E-state index is 0.146. The number of hydrogen-bond acceptors (Lipinski definition) is 5. The molecule has 0 saturated heterocycles. The van der Waals surface area contributed by atoms with Gasteiger partial charge in [-0.05, 0) is 11.8 Å². The zero-order valence-electron chi connectivity index (χ0n) is 10.3. The van der Waals surface area contributed by atoms with E-state index in [1.165, 1.54) is 17.0 Å². The number of imidazole rings is 1. The van der Waals surface area contributed by atoms with Gasteiger partial charge in [0.25, 0.3) is 0 Å². The molecular weight excluding hydrogens is 304 g/mol. The lowest BCUT2D eigenvalue weighted by molar-refractivity contribution is -0.397. The Morgan fingerprint density at radius 1 is 1.67 bits per heavy atom. The minimum atomic E-state index is -0.702. The summed E-state index contributed by atoms with van der Waals surface area (Å²) in [6, 6.07) is 0.206. The summed E-state index contributed by atoms with van der Waals surface area (Å²) in [5.74, 6) is -0.254. The third-order valence-electron chi connectivity index (χ3n) is 2.63. The Bertz CT molecular complexity index is 396. The first kappa shape index (κ1) is 15.1. The van der Waals surface area contributed by atoms with Crippen molar-refractivity contribution in [1.29, 1.82) is 0 Å². The fourth-order valence-corrected chi connectivity index (χ4v) is 1.58. The second kappa shape index (κ2) is 6.81. The monoisotopic (exact) mass is 320 g/mol. The molecule has 1 heterocycles. The Morgan fingerprint density at radius 2 is 2.33 bits per heavy atom. The highest BCUT2D eigenvalue weighted by atomic mass is 79.9. The van der Waals surface area contributed by atoms with Gasteiger partial charge >= 0.3 is 5.95 Å². The van der Waals surface area contributed by atoms with Crippen LogP contribution in [0.3, 0.4) is 0 Å². The predicted molar refractivity (Wildman–Crippen MR) is 70.7 cm³/mol. The summed E-state index contributed by atoms with van der Waals surface area (Å²) >= 11 is 3.43. The minimum Gasteiger partial charge on any atom is -0.390 e. The Labute approximate surface area is 113 Å². The van der Waals surface area contributed by atoms with Crippen LogP contribution >= 0.6 is 15.9 Å². The molecule has 0 radical (unpaired) electrons. The van der Waals surface area contributed by atoms with Gasteiger partial charge in [0, 0.05) is 17.4 Å². The predicted octanol–water partition coefficient (Wildman–Crippen LogP) is 0.914. The molecule has 1 rings (SSSR count). The van der Waals surface area contributed by atoms with Crippen molar-refractivity contribution in [1.82, 2.24) is 14.9 Å². The zero-order chi connectivity index (χ0) is 13.7. The topological polar surface area (TPSA) is 93.2 Å². The van der Waals surface area contributed by atoms with Crippen LogP contribution in [0.5, 0.6) is 0 Å². The van der Waals surface area contributed by atoms with E-state index in [1.54, 1.807) is 0 Å². The van der Waals surface area contributed by atoms with E-state index in [0.29, 0.717) is 6.54 Å². The summed E-state index contributed by atoms with van der Waals surface area (Å²) in [6.07, 6.45) is 2.13. The first-order chi connectivity index (χ1) is 8.41. The second-order valence-electron chi connectivity index (χ2n) is 4.16. The first-order valence-electron chi connectivity index (χ1n) is 5.63. The number of aliphatic hydroxyl groups is 1. The number of hydrogen-bond donors (Lipinski definition) is 2. The van der Waals surface area contributed by atoms with Crippen molar-refractivity contribution >= 4 is 21.9 Å². The highest BCUT2D eigenvalue weighted by Gasteiger charge is 2.18. The Kier molecular flexibility index (Phi) is 5.70. The molecule has 1 aromatic rings. The average molecular weight is 321 g/mol. The molecule has 1 aromatic heterocycles. The Hall–Kier alpha value is -0.990. The average Bonchev–Trinajstić information content (AvgIpc) is 2.73. The third kappa shape index (κ3) is 4.35. The maximum absolute atomic E-state index is 10.6. The van der Waals surface area contributed by atoms with Gasteiger partial charge in [-0.25, -0.2) is 4.57 Å². The molecule has 0 aliphatic heterocycles. The lowest BCUT2D eigenvalue weighted by atomic mass is 10.2. The van der Waals surface area contributed by atoms with Crippen LogP contribution in [-0.2, 0) is 6.54 Å². The number of nitrogens with one attached hydrogen (secondary N) is 1. The van der Waals surface area contributed by atoms with Crippen LogP contribution < -0.4 is 5.32 Å². The van der Waals surface area contributed by atoms with Crippen LogP contribution in [0.1, 0.15) is 13.8 Å². The van der Waals surface area contributed by atoms with E-state index in [2.05, 4.69) is 26.2 Å². The van der Waals surface area contributed by atoms with Gasteiger partial charge in [0.2, 0.25) is 0 Å². The van der Waals surface area contributed by atoms with Crippen molar-refractivity contribution in [3.63, 3.8) is 0 Å². The van der Waals surface area contributed by atoms with Crippen molar-refractivity contribution in [2.75, 3.05) is 6.54 Å². The molecule has 0 aliphatic carbocycles. The van der Waals surface area contributed by atoms with Crippen molar-refractivity contribution < 1.29 is 10.0 Å². The summed E-state index contributed by atoms with van der Waals surface area (Å²) in [5, 5.41) is 23.6. The normalized spacial score (nSPS) is 16.2. The molecule has 7 nitrogen and oxygen atoms in total. The number of nitrogens with zero attached hydrogens (tertiary/aromatic N) is 3. The van der Waals surface area contributed by atoms with Gasteiger partial charge < -0.3 is 20.5 Å². The molecule has 1 unspecified atom stereocenters. The summed E-state index contributed by atoms with van der Waals surface area (Å²) < 4.78 is 1.33. The van der Waals surface area contributed by atoms with Gasteiger partial charge in [-0.1, -0.05) is 27.8 Å². The smallest absolute Gasteiger partial charge is 0.390 e. The maximum Gasteiger partial charge on any atom is 0.434 e. The van der Waals surface area contributed by atoms with Gasteiger partial charge in [-0.3, -0.25) is 0 Å². The van der Waals surface area contributed by atoms with Crippen LogP contribution in [0.2, 0.25) is 0 Å². The first-order valence-corrected chi connectivity index (χ1v) is 6.54. The molecule has 3 atom stereocenters. The van der Waals surface area contributed by atoms with Gasteiger partial charge in [0.1, 0.15) is 12.4 Å². The largest absolute Gasteiger partial charge is 0.434 e. The molecule has 0 aliphatic rings. The number of aliphatic hydroxyl groups excluding tert-OH is 1. The number of nitro groups is 1. The van der Waals surface area contributed by atoms with Crippen LogP contribution in [0.25, 0.3) is 0 Å². The van der Waals surface area contributed by atoms with E-state index in [4.69, 9.17) is 0 Å². The molecular formula is C10H17BrN4O3. The zero-order valence-corrected chi connectivity index (χ0v) is 11.9. The van der Waals surface area contributed by atoms with Gasteiger partial charge in [-0.2, -0.15) is 0 Å². The Balaban J connectivity index is 2.47. The summed E-state index contributed by atoms with van der Waals surface area (Å²) in [5.41, 5.74) is 0.